The molecule has 2 aliphatic rings. The van der Waals surface area contributed by atoms with Gasteiger partial charge >= 0.3 is 5.97 Å². The van der Waals surface area contributed by atoms with Crippen LogP contribution in [0.1, 0.15) is 38.5 Å². The molecule has 2 fully saturated rings. The van der Waals surface area contributed by atoms with Gasteiger partial charge in [-0.1, -0.05) is 0 Å². The van der Waals surface area contributed by atoms with E-state index in [0.29, 0.717) is 45.4 Å². The molecule has 2 aliphatic heterocycles. The maximum absolute atomic E-state index is 12.2. The Hall–Kier alpha value is -2.45. The molecule has 2 rings (SSSR count). The van der Waals surface area contributed by atoms with E-state index in [1.54, 1.807) is 9.80 Å². The lowest BCUT2D eigenvalue weighted by Crippen LogP contribution is -2.53. The van der Waals surface area contributed by atoms with Crippen molar-refractivity contribution < 1.29 is 29.1 Å². The third-order valence-corrected chi connectivity index (χ3v) is 4.46. The van der Waals surface area contributed by atoms with Crippen LogP contribution in [0.15, 0.2) is 0 Å². The van der Waals surface area contributed by atoms with Crippen molar-refractivity contribution >= 4 is 29.6 Å². The zero-order chi connectivity index (χ0) is 18.4. The van der Waals surface area contributed by atoms with Gasteiger partial charge in [0.25, 0.3) is 0 Å². The second-order valence-corrected chi connectivity index (χ2v) is 6.24. The molecule has 1 N–H and O–H groups in total. The average Bonchev–Trinajstić information content (AvgIpc) is 2.90. The highest BCUT2D eigenvalue weighted by Gasteiger charge is 2.32. The Morgan fingerprint density at radius 1 is 0.800 bits per heavy atom. The standard InChI is InChI=1S/C16H23N3O6/c20-12(3-1-2-4-16(24)25)17-7-9-18(10-8-17)15(23)11-19-13(21)5-6-14(19)22/h1-11H2,(H,24,25). The zero-order valence-electron chi connectivity index (χ0n) is 14.1. The summed E-state index contributed by atoms with van der Waals surface area (Å²) >= 11 is 0. The van der Waals surface area contributed by atoms with Crippen molar-refractivity contribution in [1.82, 2.24) is 14.7 Å². The molecule has 0 spiro atoms. The van der Waals surface area contributed by atoms with Gasteiger partial charge in [0.15, 0.2) is 0 Å². The van der Waals surface area contributed by atoms with Gasteiger partial charge in [0.1, 0.15) is 6.54 Å². The van der Waals surface area contributed by atoms with Crippen molar-refractivity contribution in [2.45, 2.75) is 38.5 Å². The van der Waals surface area contributed by atoms with Crippen molar-refractivity contribution in [2.24, 2.45) is 0 Å². The minimum atomic E-state index is -0.866. The molecule has 0 bridgehead atoms. The van der Waals surface area contributed by atoms with E-state index >= 15 is 0 Å². The van der Waals surface area contributed by atoms with Crippen LogP contribution in [0, 0.1) is 0 Å². The summed E-state index contributed by atoms with van der Waals surface area (Å²) in [6.07, 6.45) is 1.69. The van der Waals surface area contributed by atoms with Gasteiger partial charge in [-0.15, -0.1) is 0 Å². The Morgan fingerprint density at radius 2 is 1.28 bits per heavy atom. The normalized spacial score (nSPS) is 18.0. The third kappa shape index (κ3) is 5.27. The third-order valence-electron chi connectivity index (χ3n) is 4.46. The SMILES string of the molecule is O=C(O)CCCCC(=O)N1CCN(C(=O)CN2C(=O)CCC2=O)CC1. The van der Waals surface area contributed by atoms with Gasteiger partial charge in [0.2, 0.25) is 23.6 Å². The number of imide groups is 1. The van der Waals surface area contributed by atoms with Gasteiger partial charge in [-0.3, -0.25) is 28.9 Å². The molecule has 0 saturated carbocycles. The van der Waals surface area contributed by atoms with Crippen molar-refractivity contribution in [3.63, 3.8) is 0 Å². The molecule has 9 nitrogen and oxygen atoms in total. The van der Waals surface area contributed by atoms with Crippen LogP contribution in [-0.2, 0) is 24.0 Å². The summed E-state index contributed by atoms with van der Waals surface area (Å²) < 4.78 is 0. The topological polar surface area (TPSA) is 115 Å². The lowest BCUT2D eigenvalue weighted by atomic mass is 10.1. The quantitative estimate of drug-likeness (QED) is 0.485. The number of unbranched alkanes of at least 4 members (excludes halogenated alkanes) is 1. The molecule has 0 aromatic carbocycles. The Kier molecular flexibility index (Phi) is 6.49. The highest BCUT2D eigenvalue weighted by Crippen LogP contribution is 2.13. The second-order valence-electron chi connectivity index (χ2n) is 6.24. The van der Waals surface area contributed by atoms with E-state index in [0.717, 1.165) is 4.90 Å². The first-order valence-corrected chi connectivity index (χ1v) is 8.49. The number of hydrogen-bond acceptors (Lipinski definition) is 5. The molecule has 138 valence electrons. The van der Waals surface area contributed by atoms with Gasteiger partial charge in [-0.2, -0.15) is 0 Å². The summed E-state index contributed by atoms with van der Waals surface area (Å²) in [4.78, 5) is 62.1. The Morgan fingerprint density at radius 3 is 1.80 bits per heavy atom. The first-order chi connectivity index (χ1) is 11.9. The Labute approximate surface area is 145 Å². The van der Waals surface area contributed by atoms with Crippen molar-refractivity contribution in [2.75, 3.05) is 32.7 Å². The van der Waals surface area contributed by atoms with Gasteiger partial charge < -0.3 is 14.9 Å². The minimum Gasteiger partial charge on any atom is -0.481 e. The maximum atomic E-state index is 12.2. The second kappa shape index (κ2) is 8.59. The van der Waals surface area contributed by atoms with Crippen LogP contribution >= 0.6 is 0 Å². The average molecular weight is 353 g/mol. The van der Waals surface area contributed by atoms with E-state index in [4.69, 9.17) is 5.11 Å². The number of rotatable bonds is 7. The van der Waals surface area contributed by atoms with Crippen molar-refractivity contribution in [1.29, 1.82) is 0 Å². The largest absolute Gasteiger partial charge is 0.481 e. The Balaban J connectivity index is 1.70. The van der Waals surface area contributed by atoms with E-state index in [2.05, 4.69) is 0 Å². The van der Waals surface area contributed by atoms with Crippen molar-refractivity contribution in [3.05, 3.63) is 0 Å². The van der Waals surface area contributed by atoms with Crippen molar-refractivity contribution in [3.8, 4) is 0 Å². The van der Waals surface area contributed by atoms with Crippen LogP contribution in [0.2, 0.25) is 0 Å². The molecular weight excluding hydrogens is 330 g/mol. The van der Waals surface area contributed by atoms with E-state index in [1.807, 2.05) is 0 Å². The predicted molar refractivity (Wildman–Crippen MR) is 85.2 cm³/mol. The molecule has 0 atom stereocenters. The summed E-state index contributed by atoms with van der Waals surface area (Å²) in [6.45, 7) is 1.34. The molecule has 0 aliphatic carbocycles. The molecule has 2 heterocycles. The fourth-order valence-electron chi connectivity index (χ4n) is 2.95. The Bertz CT molecular complexity index is 552. The monoisotopic (exact) mass is 353 g/mol. The summed E-state index contributed by atoms with van der Waals surface area (Å²) in [5.41, 5.74) is 0. The highest BCUT2D eigenvalue weighted by atomic mass is 16.4. The summed E-state index contributed by atoms with van der Waals surface area (Å²) in [5.74, 6) is -1.81. The first-order valence-electron chi connectivity index (χ1n) is 8.49. The molecule has 2 saturated heterocycles. The number of carboxylic acids is 1. The highest BCUT2D eigenvalue weighted by molar-refractivity contribution is 6.04. The van der Waals surface area contributed by atoms with E-state index in [-0.39, 0.29) is 49.4 Å². The number of nitrogens with zero attached hydrogens (tertiary/aromatic N) is 3. The fraction of sp³-hybridized carbons (Fsp3) is 0.688. The van der Waals surface area contributed by atoms with Crippen LogP contribution in [0.5, 0.6) is 0 Å². The minimum absolute atomic E-state index is 0.0395. The van der Waals surface area contributed by atoms with Crippen LogP contribution in [-0.4, -0.2) is 82.1 Å². The van der Waals surface area contributed by atoms with E-state index in [1.165, 1.54) is 0 Å². The van der Waals surface area contributed by atoms with Crippen LogP contribution in [0.25, 0.3) is 0 Å². The molecule has 0 unspecified atom stereocenters. The number of aliphatic carboxylic acids is 1. The number of amides is 4. The number of carbonyl (C=O) groups excluding carboxylic acids is 4. The lowest BCUT2D eigenvalue weighted by Gasteiger charge is -2.35. The van der Waals surface area contributed by atoms with Gasteiger partial charge in [0, 0.05) is 51.9 Å². The molecule has 0 aromatic heterocycles. The fourth-order valence-corrected chi connectivity index (χ4v) is 2.95. The smallest absolute Gasteiger partial charge is 0.303 e. The summed E-state index contributed by atoms with van der Waals surface area (Å²) in [6, 6.07) is 0. The summed E-state index contributed by atoms with van der Waals surface area (Å²) in [7, 11) is 0. The molecular formula is C16H23N3O6. The van der Waals surface area contributed by atoms with Gasteiger partial charge in [0.05, 0.1) is 0 Å². The molecule has 0 radical (unpaired) electrons. The number of piperazine rings is 1. The molecule has 0 aromatic rings. The molecule has 9 heteroatoms. The molecule has 4 amide bonds. The van der Waals surface area contributed by atoms with Gasteiger partial charge in [-0.05, 0) is 12.8 Å². The number of carbonyl (C=O) groups is 5. The van der Waals surface area contributed by atoms with E-state index in [9.17, 15) is 24.0 Å². The van der Waals surface area contributed by atoms with Crippen LogP contribution in [0.3, 0.4) is 0 Å². The molecule has 25 heavy (non-hydrogen) atoms. The van der Waals surface area contributed by atoms with Crippen LogP contribution < -0.4 is 0 Å². The lowest BCUT2D eigenvalue weighted by molar-refractivity contribution is -0.147. The summed E-state index contributed by atoms with van der Waals surface area (Å²) in [5, 5.41) is 8.57. The predicted octanol–water partition coefficient (Wildman–Crippen LogP) is -0.549. The number of likely N-dealkylation sites (tertiary alicyclic amines) is 1. The number of hydrogen-bond donors (Lipinski definition) is 1. The maximum Gasteiger partial charge on any atom is 0.303 e. The van der Waals surface area contributed by atoms with Gasteiger partial charge in [-0.25, -0.2) is 0 Å². The number of carboxylic acid groups (broad SMARTS) is 1. The zero-order valence-corrected chi connectivity index (χ0v) is 14.1. The van der Waals surface area contributed by atoms with E-state index < -0.39 is 5.97 Å². The first kappa shape index (κ1) is 18.9. The van der Waals surface area contributed by atoms with Crippen LogP contribution in [0.4, 0.5) is 0 Å².